The van der Waals surface area contributed by atoms with Crippen molar-refractivity contribution in [2.75, 3.05) is 6.54 Å². The van der Waals surface area contributed by atoms with Gasteiger partial charge in [0.25, 0.3) is 0 Å². The van der Waals surface area contributed by atoms with Gasteiger partial charge in [-0.2, -0.15) is 4.98 Å². The molecule has 0 amide bonds. The van der Waals surface area contributed by atoms with Gasteiger partial charge in [0.05, 0.1) is 10.9 Å². The molecule has 120 valence electrons. The van der Waals surface area contributed by atoms with Gasteiger partial charge in [0, 0.05) is 19.5 Å². The first-order valence-corrected chi connectivity index (χ1v) is 8.65. The quantitative estimate of drug-likeness (QED) is 0.773. The molecule has 7 nitrogen and oxygen atoms in total. The van der Waals surface area contributed by atoms with Gasteiger partial charge < -0.3 is 14.4 Å². The van der Waals surface area contributed by atoms with Gasteiger partial charge in [-0.1, -0.05) is 11.2 Å². The third-order valence-electron chi connectivity index (χ3n) is 4.19. The standard InChI is InChI=1S/C15H18N6OS/c1-10(15-18-14(20-22-15)12-3-2-6-23-12)16-7-11-4-5-13-19-17-9-21(13)8-11/h2-3,6,9-11,16H,4-5,7-8H2,1H3/t10-,11+/m0/s1. The molecule has 1 aliphatic rings. The fourth-order valence-electron chi connectivity index (χ4n) is 2.84. The number of thiophene rings is 1. The van der Waals surface area contributed by atoms with Crippen molar-refractivity contribution in [1.29, 1.82) is 0 Å². The smallest absolute Gasteiger partial charge is 0.243 e. The third-order valence-corrected chi connectivity index (χ3v) is 5.06. The maximum absolute atomic E-state index is 5.39. The first-order valence-electron chi connectivity index (χ1n) is 7.77. The largest absolute Gasteiger partial charge is 0.337 e. The highest BCUT2D eigenvalue weighted by molar-refractivity contribution is 7.13. The summed E-state index contributed by atoms with van der Waals surface area (Å²) < 4.78 is 7.53. The van der Waals surface area contributed by atoms with Crippen LogP contribution in [0.25, 0.3) is 10.7 Å². The Balaban J connectivity index is 1.35. The lowest BCUT2D eigenvalue weighted by Gasteiger charge is -2.24. The van der Waals surface area contributed by atoms with Crippen LogP contribution >= 0.6 is 11.3 Å². The highest BCUT2D eigenvalue weighted by Crippen LogP contribution is 2.23. The molecule has 1 aliphatic heterocycles. The first-order chi connectivity index (χ1) is 11.3. The highest BCUT2D eigenvalue weighted by Gasteiger charge is 2.21. The zero-order valence-electron chi connectivity index (χ0n) is 12.8. The second-order valence-corrected chi connectivity index (χ2v) is 6.82. The monoisotopic (exact) mass is 330 g/mol. The number of fused-ring (bicyclic) bond motifs is 1. The molecule has 0 saturated carbocycles. The van der Waals surface area contributed by atoms with Crippen LogP contribution in [0.3, 0.4) is 0 Å². The minimum absolute atomic E-state index is 0.0403. The van der Waals surface area contributed by atoms with Crippen LogP contribution in [0.4, 0.5) is 0 Å². The van der Waals surface area contributed by atoms with Gasteiger partial charge in [-0.25, -0.2) is 0 Å². The lowest BCUT2D eigenvalue weighted by Crippen LogP contribution is -2.31. The fraction of sp³-hybridized carbons (Fsp3) is 0.467. The van der Waals surface area contributed by atoms with Crippen molar-refractivity contribution < 1.29 is 4.52 Å². The Bertz CT molecular complexity index is 765. The zero-order chi connectivity index (χ0) is 15.6. The van der Waals surface area contributed by atoms with Gasteiger partial charge in [0.2, 0.25) is 11.7 Å². The molecule has 0 aliphatic carbocycles. The Morgan fingerprint density at radius 1 is 1.52 bits per heavy atom. The maximum Gasteiger partial charge on any atom is 0.243 e. The number of rotatable bonds is 5. The van der Waals surface area contributed by atoms with E-state index in [1.54, 1.807) is 11.3 Å². The number of hydrogen-bond donors (Lipinski definition) is 1. The van der Waals surface area contributed by atoms with Crippen molar-refractivity contribution in [2.45, 2.75) is 32.4 Å². The summed E-state index contributed by atoms with van der Waals surface area (Å²) in [6.07, 6.45) is 3.93. The topological polar surface area (TPSA) is 81.7 Å². The zero-order valence-corrected chi connectivity index (χ0v) is 13.7. The highest BCUT2D eigenvalue weighted by atomic mass is 32.1. The summed E-state index contributed by atoms with van der Waals surface area (Å²) in [4.78, 5) is 5.52. The molecule has 3 aromatic heterocycles. The molecule has 23 heavy (non-hydrogen) atoms. The van der Waals surface area contributed by atoms with Crippen LogP contribution in [-0.2, 0) is 13.0 Å². The summed E-state index contributed by atoms with van der Waals surface area (Å²) >= 11 is 1.61. The Morgan fingerprint density at radius 3 is 3.35 bits per heavy atom. The van der Waals surface area contributed by atoms with E-state index in [1.807, 2.05) is 23.8 Å². The van der Waals surface area contributed by atoms with E-state index in [9.17, 15) is 0 Å². The number of aryl methyl sites for hydroxylation is 1. The molecule has 1 N–H and O–H groups in total. The Hall–Kier alpha value is -2.06. The fourth-order valence-corrected chi connectivity index (χ4v) is 3.49. The predicted octanol–water partition coefficient (Wildman–Crippen LogP) is 2.30. The van der Waals surface area contributed by atoms with Gasteiger partial charge >= 0.3 is 0 Å². The normalized spacial score (nSPS) is 18.7. The van der Waals surface area contributed by atoms with E-state index in [0.717, 1.165) is 36.6 Å². The average molecular weight is 330 g/mol. The van der Waals surface area contributed by atoms with Crippen LogP contribution in [0.5, 0.6) is 0 Å². The van der Waals surface area contributed by atoms with Crippen molar-refractivity contribution in [3.05, 3.63) is 35.6 Å². The summed E-state index contributed by atoms with van der Waals surface area (Å²) in [6, 6.07) is 4.02. The van der Waals surface area contributed by atoms with Gasteiger partial charge in [0.1, 0.15) is 12.2 Å². The Kier molecular flexibility index (Phi) is 3.92. The predicted molar refractivity (Wildman–Crippen MR) is 85.9 cm³/mol. The van der Waals surface area contributed by atoms with E-state index < -0.39 is 0 Å². The SMILES string of the molecule is C[C@H](NC[C@H]1CCc2nncn2C1)c1nc(-c2cccs2)no1. The minimum atomic E-state index is 0.0403. The molecule has 0 spiro atoms. The van der Waals surface area contributed by atoms with Crippen LogP contribution in [-0.4, -0.2) is 31.4 Å². The number of nitrogens with one attached hydrogen (secondary N) is 1. The van der Waals surface area contributed by atoms with E-state index >= 15 is 0 Å². The van der Waals surface area contributed by atoms with Crippen LogP contribution in [0.2, 0.25) is 0 Å². The Labute approximate surface area is 137 Å². The second kappa shape index (κ2) is 6.21. The summed E-state index contributed by atoms with van der Waals surface area (Å²) in [6.45, 7) is 3.93. The van der Waals surface area contributed by atoms with Crippen LogP contribution in [0.1, 0.15) is 31.1 Å². The molecular formula is C15H18N6OS. The van der Waals surface area contributed by atoms with Crippen LogP contribution in [0.15, 0.2) is 28.4 Å². The minimum Gasteiger partial charge on any atom is -0.337 e. The first kappa shape index (κ1) is 14.5. The summed E-state index contributed by atoms with van der Waals surface area (Å²) in [5.74, 6) is 2.96. The molecule has 0 bridgehead atoms. The average Bonchev–Trinajstić information content (AvgIpc) is 3.32. The van der Waals surface area contributed by atoms with Crippen molar-refractivity contribution in [3.63, 3.8) is 0 Å². The molecule has 2 atom stereocenters. The van der Waals surface area contributed by atoms with Gasteiger partial charge in [0.15, 0.2) is 0 Å². The molecule has 4 heterocycles. The van der Waals surface area contributed by atoms with Gasteiger partial charge in [-0.3, -0.25) is 0 Å². The summed E-state index contributed by atoms with van der Waals surface area (Å²) in [7, 11) is 0. The van der Waals surface area contributed by atoms with E-state index in [2.05, 4.69) is 37.1 Å². The lowest BCUT2D eigenvalue weighted by molar-refractivity contribution is 0.302. The molecule has 3 aromatic rings. The van der Waals surface area contributed by atoms with E-state index in [-0.39, 0.29) is 6.04 Å². The van der Waals surface area contributed by atoms with E-state index in [1.165, 1.54) is 0 Å². The van der Waals surface area contributed by atoms with E-state index in [0.29, 0.717) is 17.6 Å². The summed E-state index contributed by atoms with van der Waals surface area (Å²) in [5.41, 5.74) is 0. The number of hydrogen-bond acceptors (Lipinski definition) is 7. The number of aromatic nitrogens is 5. The second-order valence-electron chi connectivity index (χ2n) is 5.87. The third kappa shape index (κ3) is 3.04. The van der Waals surface area contributed by atoms with Gasteiger partial charge in [-0.15, -0.1) is 21.5 Å². The van der Waals surface area contributed by atoms with Crippen molar-refractivity contribution in [2.24, 2.45) is 5.92 Å². The molecular weight excluding hydrogens is 312 g/mol. The van der Waals surface area contributed by atoms with Crippen molar-refractivity contribution in [1.82, 2.24) is 30.2 Å². The molecule has 4 rings (SSSR count). The van der Waals surface area contributed by atoms with Crippen molar-refractivity contribution >= 4 is 11.3 Å². The maximum atomic E-state index is 5.39. The molecule has 0 fully saturated rings. The van der Waals surface area contributed by atoms with E-state index in [4.69, 9.17) is 4.52 Å². The molecule has 0 unspecified atom stereocenters. The molecule has 0 saturated heterocycles. The lowest BCUT2D eigenvalue weighted by atomic mass is 9.99. The molecule has 0 radical (unpaired) electrons. The number of nitrogens with zero attached hydrogens (tertiary/aromatic N) is 5. The van der Waals surface area contributed by atoms with Crippen LogP contribution in [0, 0.1) is 5.92 Å². The summed E-state index contributed by atoms with van der Waals surface area (Å²) in [5, 5.41) is 17.7. The van der Waals surface area contributed by atoms with Gasteiger partial charge in [-0.05, 0) is 30.7 Å². The molecule has 8 heteroatoms. The molecule has 0 aromatic carbocycles. The van der Waals surface area contributed by atoms with Crippen molar-refractivity contribution in [3.8, 4) is 10.7 Å². The van der Waals surface area contributed by atoms with Crippen LogP contribution < -0.4 is 5.32 Å². The Morgan fingerprint density at radius 2 is 2.48 bits per heavy atom.